The molecule has 0 aromatic heterocycles. The van der Waals surface area contributed by atoms with Crippen molar-refractivity contribution in [2.45, 2.75) is 38.3 Å². The van der Waals surface area contributed by atoms with E-state index in [0.717, 1.165) is 24.6 Å². The lowest BCUT2D eigenvalue weighted by Crippen LogP contribution is -3.17. The van der Waals surface area contributed by atoms with Crippen molar-refractivity contribution < 1.29 is 19.5 Å². The molecule has 0 spiro atoms. The number of likely N-dealkylation sites (tertiary alicyclic amines) is 1. The Labute approximate surface area is 121 Å². The molecule has 2 rings (SSSR count). The van der Waals surface area contributed by atoms with E-state index in [-0.39, 0.29) is 0 Å². The van der Waals surface area contributed by atoms with Gasteiger partial charge in [0.1, 0.15) is 30.8 Å². The first kappa shape index (κ1) is 15.1. The first-order chi connectivity index (χ1) is 9.69. The van der Waals surface area contributed by atoms with E-state index >= 15 is 0 Å². The number of hydrogen-bond acceptors (Lipinski definition) is 3. The fraction of sp³-hybridized carbons (Fsp3) is 0.625. The third-order valence-electron chi connectivity index (χ3n) is 4.06. The summed E-state index contributed by atoms with van der Waals surface area (Å²) in [6.07, 6.45) is 3.43. The molecule has 4 heteroatoms. The van der Waals surface area contributed by atoms with Crippen LogP contribution in [0.1, 0.15) is 26.2 Å². The predicted molar refractivity (Wildman–Crippen MR) is 78.5 cm³/mol. The Kier molecular flexibility index (Phi) is 5.68. The van der Waals surface area contributed by atoms with Gasteiger partial charge in [0.05, 0.1) is 19.7 Å². The zero-order chi connectivity index (χ0) is 14.4. The second-order valence-electron chi connectivity index (χ2n) is 5.65. The standard InChI is InChI=1S/C16H25NO3/c1-13-6-3-4-9-17(13)11-14(18)12-20-16-8-5-7-15(10-16)19-2/h5,7-8,10,13-14,18H,3-4,6,9,11-12H2,1-2H3/p+1/t13-,14+/m1/s1. The van der Waals surface area contributed by atoms with Crippen LogP contribution in [0.4, 0.5) is 0 Å². The molecule has 1 saturated heterocycles. The Balaban J connectivity index is 1.77. The van der Waals surface area contributed by atoms with Gasteiger partial charge in [0.25, 0.3) is 0 Å². The molecule has 1 heterocycles. The first-order valence-electron chi connectivity index (χ1n) is 7.48. The summed E-state index contributed by atoms with van der Waals surface area (Å²) in [6, 6.07) is 8.13. The number of quaternary nitrogens is 1. The SMILES string of the molecule is COc1cccc(OC[C@@H](O)C[NH+]2CCCC[C@H]2C)c1. The number of piperidine rings is 1. The molecule has 1 unspecified atom stereocenters. The second-order valence-corrected chi connectivity index (χ2v) is 5.65. The highest BCUT2D eigenvalue weighted by atomic mass is 16.5. The fourth-order valence-electron chi connectivity index (χ4n) is 2.80. The number of hydrogen-bond donors (Lipinski definition) is 2. The van der Waals surface area contributed by atoms with Gasteiger partial charge < -0.3 is 19.5 Å². The van der Waals surface area contributed by atoms with Crippen molar-refractivity contribution in [1.82, 2.24) is 0 Å². The third-order valence-corrected chi connectivity index (χ3v) is 4.06. The van der Waals surface area contributed by atoms with Crippen molar-refractivity contribution in [3.8, 4) is 11.5 Å². The average Bonchev–Trinajstić information content (AvgIpc) is 2.48. The maximum Gasteiger partial charge on any atom is 0.137 e. The maximum atomic E-state index is 10.1. The number of nitrogens with one attached hydrogen (secondary N) is 1. The van der Waals surface area contributed by atoms with E-state index in [1.54, 1.807) is 7.11 Å². The van der Waals surface area contributed by atoms with Crippen molar-refractivity contribution in [2.75, 3.05) is 26.8 Å². The minimum Gasteiger partial charge on any atom is -0.497 e. The molecule has 0 saturated carbocycles. The maximum absolute atomic E-state index is 10.1. The van der Waals surface area contributed by atoms with Gasteiger partial charge in [-0.3, -0.25) is 0 Å². The summed E-state index contributed by atoms with van der Waals surface area (Å²) in [4.78, 5) is 1.50. The van der Waals surface area contributed by atoms with Crippen LogP contribution in [0.15, 0.2) is 24.3 Å². The molecule has 0 amide bonds. The van der Waals surface area contributed by atoms with E-state index < -0.39 is 6.10 Å². The van der Waals surface area contributed by atoms with Crippen LogP contribution < -0.4 is 14.4 Å². The molecule has 0 bridgehead atoms. The molecular weight excluding hydrogens is 254 g/mol. The summed E-state index contributed by atoms with van der Waals surface area (Å²) < 4.78 is 10.8. The smallest absolute Gasteiger partial charge is 0.137 e. The van der Waals surface area contributed by atoms with Gasteiger partial charge in [-0.25, -0.2) is 0 Å². The van der Waals surface area contributed by atoms with Crippen LogP contribution in [-0.2, 0) is 0 Å². The Morgan fingerprint density at radius 3 is 2.90 bits per heavy atom. The van der Waals surface area contributed by atoms with Crippen molar-refractivity contribution in [3.63, 3.8) is 0 Å². The van der Waals surface area contributed by atoms with Gasteiger partial charge in [-0.2, -0.15) is 0 Å². The lowest BCUT2D eigenvalue weighted by Gasteiger charge is -2.31. The van der Waals surface area contributed by atoms with Crippen LogP contribution in [0.3, 0.4) is 0 Å². The molecule has 0 radical (unpaired) electrons. The van der Waals surface area contributed by atoms with Gasteiger partial charge in [0, 0.05) is 6.07 Å². The summed E-state index contributed by atoms with van der Waals surface area (Å²) in [5.41, 5.74) is 0. The minimum atomic E-state index is -0.420. The summed E-state index contributed by atoms with van der Waals surface area (Å²) in [5, 5.41) is 10.1. The first-order valence-corrected chi connectivity index (χ1v) is 7.48. The lowest BCUT2D eigenvalue weighted by atomic mass is 10.0. The highest BCUT2D eigenvalue weighted by Crippen LogP contribution is 2.18. The van der Waals surface area contributed by atoms with Gasteiger partial charge in [-0.1, -0.05) is 6.07 Å². The van der Waals surface area contributed by atoms with Crippen molar-refractivity contribution in [2.24, 2.45) is 0 Å². The molecular formula is C16H26NO3+. The van der Waals surface area contributed by atoms with E-state index in [4.69, 9.17) is 9.47 Å². The Hall–Kier alpha value is -1.26. The fourth-order valence-corrected chi connectivity index (χ4v) is 2.80. The predicted octanol–water partition coefficient (Wildman–Crippen LogP) is 0.892. The molecule has 1 aromatic rings. The van der Waals surface area contributed by atoms with E-state index in [9.17, 15) is 5.11 Å². The van der Waals surface area contributed by atoms with Gasteiger partial charge in [0.15, 0.2) is 0 Å². The molecule has 1 aromatic carbocycles. The number of ether oxygens (including phenoxy) is 2. The molecule has 3 atom stereocenters. The Bertz CT molecular complexity index is 410. The monoisotopic (exact) mass is 280 g/mol. The van der Waals surface area contributed by atoms with Gasteiger partial charge >= 0.3 is 0 Å². The van der Waals surface area contributed by atoms with Gasteiger partial charge in [-0.15, -0.1) is 0 Å². The van der Waals surface area contributed by atoms with Crippen LogP contribution in [0.25, 0.3) is 0 Å². The lowest BCUT2D eigenvalue weighted by molar-refractivity contribution is -0.931. The quantitative estimate of drug-likeness (QED) is 0.813. The van der Waals surface area contributed by atoms with E-state index in [1.165, 1.54) is 24.2 Å². The zero-order valence-electron chi connectivity index (χ0n) is 12.5. The van der Waals surface area contributed by atoms with Crippen LogP contribution >= 0.6 is 0 Å². The number of rotatable bonds is 6. The van der Waals surface area contributed by atoms with Crippen molar-refractivity contribution in [3.05, 3.63) is 24.3 Å². The molecule has 4 nitrogen and oxygen atoms in total. The van der Waals surface area contributed by atoms with Crippen LogP contribution in [0, 0.1) is 0 Å². The van der Waals surface area contributed by atoms with Crippen LogP contribution in [-0.4, -0.2) is 44.1 Å². The highest BCUT2D eigenvalue weighted by molar-refractivity contribution is 5.32. The molecule has 0 aliphatic carbocycles. The molecule has 20 heavy (non-hydrogen) atoms. The normalized spacial score (nSPS) is 24.1. The van der Waals surface area contributed by atoms with Crippen molar-refractivity contribution in [1.29, 1.82) is 0 Å². The molecule has 1 aliphatic rings. The van der Waals surface area contributed by atoms with Crippen LogP contribution in [0.5, 0.6) is 11.5 Å². The van der Waals surface area contributed by atoms with E-state index in [2.05, 4.69) is 6.92 Å². The van der Waals surface area contributed by atoms with Gasteiger partial charge in [0.2, 0.25) is 0 Å². The van der Waals surface area contributed by atoms with Crippen molar-refractivity contribution >= 4 is 0 Å². The largest absolute Gasteiger partial charge is 0.497 e. The second kappa shape index (κ2) is 7.50. The third kappa shape index (κ3) is 4.39. The number of aliphatic hydroxyl groups excluding tert-OH is 1. The Morgan fingerprint density at radius 1 is 1.35 bits per heavy atom. The number of methoxy groups -OCH3 is 1. The number of aliphatic hydroxyl groups is 1. The summed E-state index contributed by atoms with van der Waals surface area (Å²) in [5.74, 6) is 1.51. The topological polar surface area (TPSA) is 43.1 Å². The zero-order valence-corrected chi connectivity index (χ0v) is 12.5. The summed E-state index contributed by atoms with van der Waals surface area (Å²) in [6.45, 7) is 4.54. The molecule has 1 fully saturated rings. The summed E-state index contributed by atoms with van der Waals surface area (Å²) >= 11 is 0. The minimum absolute atomic E-state index is 0.337. The molecule has 1 aliphatic heterocycles. The molecule has 2 N–H and O–H groups in total. The average molecular weight is 280 g/mol. The van der Waals surface area contributed by atoms with E-state index in [1.807, 2.05) is 24.3 Å². The Morgan fingerprint density at radius 2 is 2.15 bits per heavy atom. The highest BCUT2D eigenvalue weighted by Gasteiger charge is 2.24. The van der Waals surface area contributed by atoms with Crippen LogP contribution in [0.2, 0.25) is 0 Å². The van der Waals surface area contributed by atoms with Gasteiger partial charge in [-0.05, 0) is 38.3 Å². The summed E-state index contributed by atoms with van der Waals surface area (Å²) in [7, 11) is 1.63. The molecule has 112 valence electrons. The number of benzene rings is 1. The van der Waals surface area contributed by atoms with E-state index in [0.29, 0.717) is 12.6 Å².